The minimum Gasteiger partial charge on any atom is -0.352 e. The van der Waals surface area contributed by atoms with Gasteiger partial charge in [-0.3, -0.25) is 10.6 Å². The van der Waals surface area contributed by atoms with Gasteiger partial charge < -0.3 is 11.5 Å². The van der Waals surface area contributed by atoms with E-state index in [1.807, 2.05) is 0 Å². The average molecular weight is 161 g/mol. The van der Waals surface area contributed by atoms with Gasteiger partial charge in [0.1, 0.15) is 0 Å². The fourth-order valence-electron chi connectivity index (χ4n) is 0.531. The van der Waals surface area contributed by atoms with Crippen LogP contribution in [0.2, 0.25) is 0 Å². The summed E-state index contributed by atoms with van der Waals surface area (Å²) in [6.45, 7) is 0. The summed E-state index contributed by atoms with van der Waals surface area (Å²) in [7, 11) is 0. The Morgan fingerprint density at radius 3 is 1.82 bits per heavy atom. The van der Waals surface area contributed by atoms with Gasteiger partial charge in [-0.05, 0) is 0 Å². The molecule has 0 radical (unpaired) electrons. The molecule has 0 aromatic rings. The zero-order valence-corrected chi connectivity index (χ0v) is 5.38. The smallest absolute Gasteiger partial charge is 0.325 e. The summed E-state index contributed by atoms with van der Waals surface area (Å²) in [6, 6.07) is -1.69. The molecule has 1 rings (SSSR count). The van der Waals surface area contributed by atoms with E-state index in [1.54, 1.807) is 0 Å². The first-order valence-corrected chi connectivity index (χ1v) is 2.64. The second-order valence-corrected chi connectivity index (χ2v) is 1.86. The van der Waals surface area contributed by atoms with Crippen LogP contribution in [0, 0.1) is 0 Å². The molecule has 62 valence electrons. The Kier molecular flexibility index (Phi) is 1.55. The molecule has 8 nitrogen and oxygen atoms in total. The summed E-state index contributed by atoms with van der Waals surface area (Å²) in [5, 5.41) is 4.11. The lowest BCUT2D eigenvalue weighted by Gasteiger charge is -2.08. The van der Waals surface area contributed by atoms with Gasteiger partial charge in [0.25, 0.3) is 0 Å². The third kappa shape index (κ3) is 1.95. The van der Waals surface area contributed by atoms with E-state index in [4.69, 9.17) is 11.5 Å². The quantitative estimate of drug-likeness (QED) is 0.224. The normalized spacial score (nSPS) is 18.5. The number of nitrogens with two attached hydrogens (primary N) is 2. The molecule has 0 aliphatic carbocycles. The summed E-state index contributed by atoms with van der Waals surface area (Å²) < 4.78 is 0. The molecule has 7 N–H and O–H groups in total. The molecule has 0 atom stereocenters. The van der Waals surface area contributed by atoms with Crippen molar-refractivity contribution in [3.8, 4) is 0 Å². The Morgan fingerprint density at radius 1 is 1.27 bits per heavy atom. The molecule has 0 aromatic heterocycles. The number of carbonyl (C=O) groups excluding carboxylic acids is 2. The summed E-state index contributed by atoms with van der Waals surface area (Å²) in [5.41, 5.74) is 11.7. The number of hydroxylamine groups is 1. The molecular weight excluding hydrogens is 154 g/mol. The fraction of sp³-hybridized carbons (Fsp3) is 0.333. The van der Waals surface area contributed by atoms with E-state index >= 15 is 0 Å². The van der Waals surface area contributed by atoms with E-state index in [1.165, 1.54) is 0 Å². The van der Waals surface area contributed by atoms with E-state index in [9.17, 15) is 9.59 Å². The molecule has 1 aliphatic rings. The Hall–Kier alpha value is -1.54. The first kappa shape index (κ1) is 7.57. The third-order valence-corrected chi connectivity index (χ3v) is 0.905. The molecule has 8 heteroatoms. The van der Waals surface area contributed by atoms with Gasteiger partial charge in [-0.25, -0.2) is 14.4 Å². The van der Waals surface area contributed by atoms with Gasteiger partial charge in [0.15, 0.2) is 0 Å². The lowest BCUT2D eigenvalue weighted by atomic mass is 10.7. The number of primary amides is 2. The minimum absolute atomic E-state index is 0.844. The van der Waals surface area contributed by atoms with Gasteiger partial charge in [-0.15, -0.1) is 5.48 Å². The largest absolute Gasteiger partial charge is 0.352 e. The third-order valence-electron chi connectivity index (χ3n) is 0.905. The van der Waals surface area contributed by atoms with Crippen molar-refractivity contribution in [3.63, 3.8) is 0 Å². The number of urea groups is 2. The van der Waals surface area contributed by atoms with Gasteiger partial charge in [0.05, 0.1) is 0 Å². The highest BCUT2D eigenvalue weighted by atomic mass is 16.8. The molecule has 0 bridgehead atoms. The van der Waals surface area contributed by atoms with Crippen LogP contribution in [0.25, 0.3) is 0 Å². The van der Waals surface area contributed by atoms with Crippen LogP contribution in [-0.4, -0.2) is 18.0 Å². The van der Waals surface area contributed by atoms with Gasteiger partial charge in [-0.1, -0.05) is 0 Å². The highest BCUT2D eigenvalue weighted by molar-refractivity contribution is 5.76. The Balaban J connectivity index is 2.41. The maximum absolute atomic E-state index is 10.2. The number of hydrogen-bond donors (Lipinski definition) is 5. The molecule has 4 amide bonds. The van der Waals surface area contributed by atoms with Crippen LogP contribution >= 0.6 is 0 Å². The zero-order valence-electron chi connectivity index (χ0n) is 5.38. The summed E-state index contributed by atoms with van der Waals surface area (Å²) >= 11 is 0. The first-order chi connectivity index (χ1) is 5.04. The lowest BCUT2D eigenvalue weighted by molar-refractivity contribution is 0.194. The monoisotopic (exact) mass is 161 g/mol. The predicted octanol–water partition coefficient (Wildman–Crippen LogP) is -2.53. The summed E-state index contributed by atoms with van der Waals surface area (Å²) in [5.74, 6) is -1.41. The van der Waals surface area contributed by atoms with Crippen LogP contribution in [0.5, 0.6) is 0 Å². The van der Waals surface area contributed by atoms with Crippen molar-refractivity contribution in [1.82, 2.24) is 16.1 Å². The van der Waals surface area contributed by atoms with Gasteiger partial charge in [0.2, 0.25) is 0 Å². The molecule has 1 fully saturated rings. The van der Waals surface area contributed by atoms with Gasteiger partial charge in [-0.2, -0.15) is 0 Å². The average Bonchev–Trinajstić information content (AvgIpc) is 2.43. The van der Waals surface area contributed by atoms with E-state index in [0.29, 0.717) is 0 Å². The molecule has 1 aliphatic heterocycles. The molecule has 0 spiro atoms. The van der Waals surface area contributed by atoms with Crippen molar-refractivity contribution in [1.29, 1.82) is 0 Å². The highest BCUT2D eigenvalue weighted by Gasteiger charge is 2.48. The minimum atomic E-state index is -1.41. The van der Waals surface area contributed by atoms with Gasteiger partial charge in [0, 0.05) is 0 Å². The predicted molar refractivity (Wildman–Crippen MR) is 32.4 cm³/mol. The molecule has 0 aromatic carbocycles. The molecule has 1 heterocycles. The number of amides is 4. The Labute approximate surface area is 61.2 Å². The molecular formula is C3H7N5O3. The molecule has 1 saturated heterocycles. The van der Waals surface area contributed by atoms with Crippen LogP contribution in [0.15, 0.2) is 0 Å². The Bertz CT molecular complexity index is 181. The maximum atomic E-state index is 10.2. The standard InChI is InChI=1S/C3H7N5O3/c4-1(9)6-3(8-11-3)7-2(5)10/h8H,(H3,4,6,9)(H3,5,7,10). The van der Waals surface area contributed by atoms with Crippen molar-refractivity contribution >= 4 is 12.1 Å². The van der Waals surface area contributed by atoms with Crippen LogP contribution in [0.4, 0.5) is 9.59 Å². The number of carbonyl (C=O) groups is 2. The van der Waals surface area contributed by atoms with Crippen LogP contribution in [-0.2, 0) is 4.84 Å². The topological polar surface area (TPSA) is 145 Å². The van der Waals surface area contributed by atoms with E-state index in [2.05, 4.69) is 21.0 Å². The zero-order chi connectivity index (χ0) is 8.48. The van der Waals surface area contributed by atoms with Gasteiger partial charge >= 0.3 is 18.0 Å². The van der Waals surface area contributed by atoms with Crippen molar-refractivity contribution in [3.05, 3.63) is 0 Å². The SMILES string of the molecule is NC(=O)NC1(NC(N)=O)NO1. The second-order valence-electron chi connectivity index (χ2n) is 1.86. The number of nitrogens with one attached hydrogen (secondary N) is 3. The van der Waals surface area contributed by atoms with Crippen molar-refractivity contribution in [2.45, 2.75) is 5.97 Å². The first-order valence-electron chi connectivity index (χ1n) is 2.64. The van der Waals surface area contributed by atoms with Crippen molar-refractivity contribution < 1.29 is 14.4 Å². The van der Waals surface area contributed by atoms with E-state index in [0.717, 1.165) is 0 Å². The van der Waals surface area contributed by atoms with Crippen LogP contribution < -0.4 is 27.6 Å². The molecule has 0 saturated carbocycles. The summed E-state index contributed by atoms with van der Waals surface area (Å²) in [6.07, 6.45) is 0. The van der Waals surface area contributed by atoms with E-state index < -0.39 is 18.0 Å². The summed E-state index contributed by atoms with van der Waals surface area (Å²) in [4.78, 5) is 24.9. The van der Waals surface area contributed by atoms with Crippen LogP contribution in [0.1, 0.15) is 0 Å². The maximum Gasteiger partial charge on any atom is 0.325 e. The van der Waals surface area contributed by atoms with Crippen LogP contribution in [0.3, 0.4) is 0 Å². The second kappa shape index (κ2) is 2.25. The highest BCUT2D eigenvalue weighted by Crippen LogP contribution is 2.09. The number of rotatable bonds is 2. The lowest BCUT2D eigenvalue weighted by Crippen LogP contribution is -2.56. The number of hydrogen-bond acceptors (Lipinski definition) is 4. The van der Waals surface area contributed by atoms with E-state index in [-0.39, 0.29) is 0 Å². The van der Waals surface area contributed by atoms with Crippen molar-refractivity contribution in [2.75, 3.05) is 0 Å². The molecule has 11 heavy (non-hydrogen) atoms. The fourth-order valence-corrected chi connectivity index (χ4v) is 0.531. The molecule has 0 unspecified atom stereocenters. The Morgan fingerprint density at radius 2 is 1.64 bits per heavy atom. The van der Waals surface area contributed by atoms with Crippen molar-refractivity contribution in [2.24, 2.45) is 11.5 Å².